The van der Waals surface area contributed by atoms with Crippen molar-refractivity contribution in [2.45, 2.75) is 87.0 Å². The molecule has 3 aromatic carbocycles. The molecule has 4 heteroatoms. The van der Waals surface area contributed by atoms with E-state index in [1.807, 2.05) is 133 Å². The van der Waals surface area contributed by atoms with Crippen LogP contribution in [0.15, 0.2) is 110 Å². The third-order valence-electron chi connectivity index (χ3n) is 7.22. The van der Waals surface area contributed by atoms with E-state index in [1.54, 1.807) is 11.0 Å². The van der Waals surface area contributed by atoms with Gasteiger partial charge in [0.25, 0.3) is 5.91 Å². The third-order valence-corrected chi connectivity index (χ3v) is 7.22. The van der Waals surface area contributed by atoms with Gasteiger partial charge in [0.05, 0.1) is 12.2 Å². The number of ether oxygens (including phenoxy) is 2. The maximum atomic E-state index is 13.1. The van der Waals surface area contributed by atoms with Gasteiger partial charge in [0.1, 0.15) is 11.5 Å². The van der Waals surface area contributed by atoms with E-state index >= 15 is 0 Å². The summed E-state index contributed by atoms with van der Waals surface area (Å²) in [6.07, 6.45) is 17.5. The first-order chi connectivity index (χ1) is 22.1. The fourth-order valence-corrected chi connectivity index (χ4v) is 4.88. The van der Waals surface area contributed by atoms with Gasteiger partial charge >= 0.3 is 0 Å². The van der Waals surface area contributed by atoms with Crippen LogP contribution in [-0.2, 0) is 0 Å². The lowest BCUT2D eigenvalue weighted by Gasteiger charge is -2.29. The van der Waals surface area contributed by atoms with E-state index in [9.17, 15) is 4.79 Å². The van der Waals surface area contributed by atoms with Crippen LogP contribution in [0.4, 0.5) is 5.69 Å². The Balaban J connectivity index is 0.000000673. The molecule has 0 N–H and O–H groups in total. The highest BCUT2D eigenvalue weighted by Crippen LogP contribution is 2.33. The molecular weight excluding hydrogens is 554 g/mol. The van der Waals surface area contributed by atoms with E-state index in [0.29, 0.717) is 11.3 Å². The summed E-state index contributed by atoms with van der Waals surface area (Å²) in [5, 5.41) is 0. The number of amides is 1. The van der Waals surface area contributed by atoms with Crippen LogP contribution < -0.4 is 14.4 Å². The molecule has 0 radical (unpaired) electrons. The van der Waals surface area contributed by atoms with E-state index in [0.717, 1.165) is 41.5 Å². The molecule has 0 spiro atoms. The van der Waals surface area contributed by atoms with Gasteiger partial charge < -0.3 is 9.47 Å². The molecule has 0 saturated heterocycles. The number of fused-ring (bicyclic) bond motifs is 1. The monoisotopic (exact) mass is 611 g/mol. The average Bonchev–Trinajstić information content (AvgIpc) is 3.64. The van der Waals surface area contributed by atoms with Crippen molar-refractivity contribution in [3.8, 4) is 22.6 Å². The van der Waals surface area contributed by atoms with Gasteiger partial charge in [0.2, 0.25) is 0 Å². The molecule has 3 aromatic rings. The van der Waals surface area contributed by atoms with Crippen molar-refractivity contribution in [3.05, 3.63) is 115 Å². The minimum absolute atomic E-state index is 0.0453. The van der Waals surface area contributed by atoms with Gasteiger partial charge in [-0.05, 0) is 87.1 Å². The lowest BCUT2D eigenvalue weighted by atomic mass is 10.0. The molecule has 244 valence electrons. The minimum Gasteiger partial charge on any atom is -0.494 e. The Morgan fingerprint density at radius 1 is 0.844 bits per heavy atom. The summed E-state index contributed by atoms with van der Waals surface area (Å²) in [6.45, 7) is 18.4. The molecule has 1 aliphatic carbocycles. The molecule has 0 atom stereocenters. The molecule has 2 aliphatic rings. The number of anilines is 1. The second-order valence-electron chi connectivity index (χ2n) is 10.1. The molecule has 1 fully saturated rings. The van der Waals surface area contributed by atoms with E-state index in [-0.39, 0.29) is 12.6 Å². The SMILES string of the molecule is C/C=C\C.C=C/C=C\C.CC.CC.O=C1c2ccc(-c3ccccc3)cc2OCN1c1ccc(OCCCC2CCCC2)cc1. The largest absolute Gasteiger partial charge is 0.494 e. The molecule has 1 aliphatic heterocycles. The molecule has 0 unspecified atom stereocenters. The zero-order chi connectivity index (χ0) is 33.3. The van der Waals surface area contributed by atoms with Crippen LogP contribution in [0.2, 0.25) is 0 Å². The second kappa shape index (κ2) is 24.3. The number of hydrogen-bond donors (Lipinski definition) is 0. The van der Waals surface area contributed by atoms with Gasteiger partial charge in [-0.1, -0.05) is 127 Å². The Kier molecular flexibility index (Phi) is 21.0. The van der Waals surface area contributed by atoms with Gasteiger partial charge in [0, 0.05) is 5.69 Å². The summed E-state index contributed by atoms with van der Waals surface area (Å²) in [7, 11) is 0. The molecule has 1 heterocycles. The lowest BCUT2D eigenvalue weighted by molar-refractivity contribution is 0.0937. The first kappa shape index (κ1) is 39.0. The van der Waals surface area contributed by atoms with Crippen LogP contribution >= 0.6 is 0 Å². The fourth-order valence-electron chi connectivity index (χ4n) is 4.88. The predicted molar refractivity (Wildman–Crippen MR) is 196 cm³/mol. The van der Waals surface area contributed by atoms with Gasteiger partial charge in [-0.3, -0.25) is 9.69 Å². The van der Waals surface area contributed by atoms with Gasteiger partial charge in [0.15, 0.2) is 6.73 Å². The first-order valence-electron chi connectivity index (χ1n) is 16.8. The van der Waals surface area contributed by atoms with Gasteiger partial charge in [-0.15, -0.1) is 0 Å². The van der Waals surface area contributed by atoms with Crippen LogP contribution in [-0.4, -0.2) is 19.2 Å². The van der Waals surface area contributed by atoms with Crippen molar-refractivity contribution >= 4 is 11.6 Å². The highest BCUT2D eigenvalue weighted by atomic mass is 16.5. The van der Waals surface area contributed by atoms with Crippen molar-refractivity contribution in [1.82, 2.24) is 0 Å². The van der Waals surface area contributed by atoms with Crippen LogP contribution in [0.25, 0.3) is 11.1 Å². The van der Waals surface area contributed by atoms with Crippen LogP contribution in [0.1, 0.15) is 97.3 Å². The molecule has 1 saturated carbocycles. The van der Waals surface area contributed by atoms with Crippen molar-refractivity contribution < 1.29 is 14.3 Å². The van der Waals surface area contributed by atoms with E-state index in [2.05, 4.69) is 18.7 Å². The van der Waals surface area contributed by atoms with Crippen molar-refractivity contribution in [1.29, 1.82) is 0 Å². The van der Waals surface area contributed by atoms with E-state index in [4.69, 9.17) is 9.47 Å². The zero-order valence-corrected chi connectivity index (χ0v) is 28.9. The van der Waals surface area contributed by atoms with Crippen molar-refractivity contribution in [3.63, 3.8) is 0 Å². The number of nitrogens with zero attached hydrogens (tertiary/aromatic N) is 1. The number of hydrogen-bond acceptors (Lipinski definition) is 3. The average molecular weight is 612 g/mol. The number of benzene rings is 3. The smallest absolute Gasteiger partial charge is 0.264 e. The molecule has 1 amide bonds. The summed E-state index contributed by atoms with van der Waals surface area (Å²) < 4.78 is 11.9. The predicted octanol–water partition coefficient (Wildman–Crippen LogP) is 12.1. The first-order valence-corrected chi connectivity index (χ1v) is 16.8. The Labute approximate surface area is 274 Å². The minimum atomic E-state index is -0.0453. The Morgan fingerprint density at radius 2 is 1.49 bits per heavy atom. The maximum Gasteiger partial charge on any atom is 0.264 e. The molecule has 0 bridgehead atoms. The molecule has 45 heavy (non-hydrogen) atoms. The molecular formula is C41H57NO3. The number of allylic oxidation sites excluding steroid dienone is 5. The van der Waals surface area contributed by atoms with E-state index < -0.39 is 0 Å². The highest BCUT2D eigenvalue weighted by Gasteiger charge is 2.27. The highest BCUT2D eigenvalue weighted by molar-refractivity contribution is 6.09. The van der Waals surface area contributed by atoms with Crippen molar-refractivity contribution in [2.24, 2.45) is 5.92 Å². The summed E-state index contributed by atoms with van der Waals surface area (Å²) in [5.74, 6) is 2.34. The molecule has 4 nitrogen and oxygen atoms in total. The summed E-state index contributed by atoms with van der Waals surface area (Å²) in [5.41, 5.74) is 3.54. The number of rotatable bonds is 8. The van der Waals surface area contributed by atoms with E-state index in [1.165, 1.54) is 32.1 Å². The van der Waals surface area contributed by atoms with Gasteiger partial charge in [-0.25, -0.2) is 0 Å². The van der Waals surface area contributed by atoms with Crippen LogP contribution in [0, 0.1) is 5.92 Å². The van der Waals surface area contributed by atoms with Crippen molar-refractivity contribution in [2.75, 3.05) is 18.2 Å². The van der Waals surface area contributed by atoms with Crippen LogP contribution in [0.3, 0.4) is 0 Å². The Morgan fingerprint density at radius 3 is 2.04 bits per heavy atom. The Bertz CT molecular complexity index is 1250. The second-order valence-corrected chi connectivity index (χ2v) is 10.1. The maximum absolute atomic E-state index is 13.1. The topological polar surface area (TPSA) is 38.8 Å². The standard InChI is InChI=1S/C28H29NO3.C5H8.C4H8.2C2H6/c30-28-26-17-12-23(22-10-2-1-3-11-22)19-27(26)32-20-29(28)24-13-15-25(16-14-24)31-18-6-9-21-7-4-5-8-21;1-3-5-4-2;1-3-4-2;2*1-2/h1-3,10-17,19,21H,4-9,18,20H2;3-5H,1H2,2H3;3-4H,1-2H3;2*1-2H3/b;5-4-;4-3-;;. The summed E-state index contributed by atoms with van der Waals surface area (Å²) in [6, 6.07) is 23.6. The van der Waals surface area contributed by atoms with Crippen LogP contribution in [0.5, 0.6) is 11.5 Å². The molecule has 5 rings (SSSR count). The summed E-state index contributed by atoms with van der Waals surface area (Å²) in [4.78, 5) is 14.8. The zero-order valence-electron chi connectivity index (χ0n) is 28.9. The number of carbonyl (C=O) groups is 1. The van der Waals surface area contributed by atoms with Gasteiger partial charge in [-0.2, -0.15) is 0 Å². The normalized spacial score (nSPS) is 13.5. The summed E-state index contributed by atoms with van der Waals surface area (Å²) >= 11 is 0. The quantitative estimate of drug-likeness (QED) is 0.144. The Hall–Kier alpha value is -4.05. The number of carbonyl (C=O) groups excluding carboxylic acids is 1. The lowest BCUT2D eigenvalue weighted by Crippen LogP contribution is -2.38. The fraction of sp³-hybridized carbons (Fsp3) is 0.390. The molecule has 0 aromatic heterocycles. The third kappa shape index (κ3) is 13.6.